The van der Waals surface area contributed by atoms with Crippen molar-refractivity contribution in [3.63, 3.8) is 0 Å². The molecule has 20 heavy (non-hydrogen) atoms. The van der Waals surface area contributed by atoms with Crippen molar-refractivity contribution in [2.45, 2.75) is 26.3 Å². The van der Waals surface area contributed by atoms with Crippen LogP contribution < -0.4 is 10.1 Å². The fourth-order valence-electron chi connectivity index (χ4n) is 1.96. The van der Waals surface area contributed by atoms with Crippen LogP contribution in [0.2, 0.25) is 5.02 Å². The van der Waals surface area contributed by atoms with E-state index in [2.05, 4.69) is 22.6 Å². The van der Waals surface area contributed by atoms with Gasteiger partial charge in [0.1, 0.15) is 12.4 Å². The van der Waals surface area contributed by atoms with Crippen LogP contribution in [0.15, 0.2) is 29.6 Å². The van der Waals surface area contributed by atoms with E-state index in [0.29, 0.717) is 6.61 Å². The highest BCUT2D eigenvalue weighted by atomic mass is 35.5. The van der Waals surface area contributed by atoms with Crippen LogP contribution >= 0.6 is 22.9 Å². The zero-order valence-corrected chi connectivity index (χ0v) is 13.3. The van der Waals surface area contributed by atoms with Gasteiger partial charge in [-0.15, -0.1) is 11.3 Å². The third-order valence-corrected chi connectivity index (χ3v) is 3.95. The van der Waals surface area contributed by atoms with E-state index in [0.717, 1.165) is 34.4 Å². The van der Waals surface area contributed by atoms with Gasteiger partial charge in [0.2, 0.25) is 0 Å². The number of rotatable bonds is 7. The van der Waals surface area contributed by atoms with Gasteiger partial charge >= 0.3 is 0 Å². The maximum Gasteiger partial charge on any atom is 0.119 e. The molecule has 1 atom stereocenters. The predicted octanol–water partition coefficient (Wildman–Crippen LogP) is 3.70. The summed E-state index contributed by atoms with van der Waals surface area (Å²) in [6, 6.07) is 7.71. The first kappa shape index (κ1) is 15.3. The average molecular weight is 311 g/mol. The van der Waals surface area contributed by atoms with E-state index in [9.17, 15) is 0 Å². The molecular weight excluding hydrogens is 292 g/mol. The van der Waals surface area contributed by atoms with E-state index in [4.69, 9.17) is 16.3 Å². The number of hydrogen-bond donors (Lipinski definition) is 1. The Kier molecular flexibility index (Phi) is 5.83. The van der Waals surface area contributed by atoms with Gasteiger partial charge in [-0.25, -0.2) is 4.98 Å². The lowest BCUT2D eigenvalue weighted by Gasteiger charge is -2.17. The molecule has 5 heteroatoms. The molecule has 3 nitrogen and oxygen atoms in total. The zero-order chi connectivity index (χ0) is 14.4. The normalized spacial score (nSPS) is 12.3. The molecule has 0 saturated heterocycles. The summed E-state index contributed by atoms with van der Waals surface area (Å²) in [6.45, 7) is 5.66. The van der Waals surface area contributed by atoms with E-state index in [1.165, 1.54) is 0 Å². The topological polar surface area (TPSA) is 34.1 Å². The van der Waals surface area contributed by atoms with Crippen LogP contribution in [0.3, 0.4) is 0 Å². The smallest absolute Gasteiger partial charge is 0.119 e. The van der Waals surface area contributed by atoms with Crippen LogP contribution in [-0.2, 0) is 6.42 Å². The number of nitrogens with one attached hydrogen (secondary N) is 1. The number of thiazole rings is 1. The molecular formula is C15H19ClN2OS. The minimum absolute atomic E-state index is 0.261. The number of benzene rings is 1. The van der Waals surface area contributed by atoms with Crippen molar-refractivity contribution >= 4 is 22.9 Å². The Morgan fingerprint density at radius 3 is 2.70 bits per heavy atom. The fourth-order valence-corrected chi connectivity index (χ4v) is 2.71. The second-order valence-electron chi connectivity index (χ2n) is 4.58. The molecule has 2 rings (SSSR count). The van der Waals surface area contributed by atoms with Gasteiger partial charge in [-0.05, 0) is 37.7 Å². The van der Waals surface area contributed by atoms with Crippen LogP contribution in [0, 0.1) is 6.92 Å². The summed E-state index contributed by atoms with van der Waals surface area (Å²) >= 11 is 7.54. The maximum absolute atomic E-state index is 5.86. The standard InChI is InChI=1S/C15H19ClN2OS/c1-3-17-13(8-14-10-20-11(2)18-14)9-19-15-6-4-12(16)5-7-15/h4-7,10,13,17H,3,8-9H2,1-2H3. The molecule has 1 aromatic carbocycles. The summed E-state index contributed by atoms with van der Waals surface area (Å²) in [5.74, 6) is 0.840. The average Bonchev–Trinajstić information content (AvgIpc) is 2.83. The number of halogens is 1. The number of nitrogens with zero attached hydrogens (tertiary/aromatic N) is 1. The van der Waals surface area contributed by atoms with Gasteiger partial charge in [0.15, 0.2) is 0 Å². The Bertz CT molecular complexity index is 527. The van der Waals surface area contributed by atoms with Crippen LogP contribution in [-0.4, -0.2) is 24.2 Å². The first-order valence-electron chi connectivity index (χ1n) is 6.70. The highest BCUT2D eigenvalue weighted by Gasteiger charge is 2.11. The summed E-state index contributed by atoms with van der Waals surface area (Å²) < 4.78 is 5.81. The third kappa shape index (κ3) is 4.78. The molecule has 0 aliphatic rings. The van der Waals surface area contributed by atoms with E-state index in [1.54, 1.807) is 11.3 Å². The molecule has 0 fully saturated rings. The van der Waals surface area contributed by atoms with E-state index in [1.807, 2.05) is 31.2 Å². The van der Waals surface area contributed by atoms with Crippen molar-refractivity contribution < 1.29 is 4.74 Å². The van der Waals surface area contributed by atoms with Crippen molar-refractivity contribution in [3.05, 3.63) is 45.4 Å². The highest BCUT2D eigenvalue weighted by molar-refractivity contribution is 7.09. The maximum atomic E-state index is 5.86. The van der Waals surface area contributed by atoms with Crippen molar-refractivity contribution in [2.75, 3.05) is 13.2 Å². The summed E-state index contributed by atoms with van der Waals surface area (Å²) in [5, 5.41) is 7.37. The zero-order valence-electron chi connectivity index (χ0n) is 11.7. The van der Waals surface area contributed by atoms with E-state index >= 15 is 0 Å². The van der Waals surface area contributed by atoms with E-state index < -0.39 is 0 Å². The number of likely N-dealkylation sites (N-methyl/N-ethyl adjacent to an activating group) is 1. The molecule has 0 spiro atoms. The predicted molar refractivity (Wildman–Crippen MR) is 85.0 cm³/mol. The van der Waals surface area contributed by atoms with Crippen LogP contribution in [0.5, 0.6) is 5.75 Å². The Balaban J connectivity index is 1.90. The lowest BCUT2D eigenvalue weighted by Crippen LogP contribution is -2.36. The molecule has 0 aliphatic carbocycles. The van der Waals surface area contributed by atoms with Crippen LogP contribution in [0.4, 0.5) is 0 Å². The van der Waals surface area contributed by atoms with Gasteiger partial charge in [0.25, 0.3) is 0 Å². The van der Waals surface area contributed by atoms with Crippen molar-refractivity contribution in [3.8, 4) is 5.75 Å². The van der Waals surface area contributed by atoms with Gasteiger partial charge in [-0.3, -0.25) is 0 Å². The second-order valence-corrected chi connectivity index (χ2v) is 6.08. The summed E-state index contributed by atoms with van der Waals surface area (Å²) in [7, 11) is 0. The van der Waals surface area contributed by atoms with E-state index in [-0.39, 0.29) is 6.04 Å². The van der Waals surface area contributed by atoms with Crippen molar-refractivity contribution in [1.29, 1.82) is 0 Å². The largest absolute Gasteiger partial charge is 0.492 e. The molecule has 0 bridgehead atoms. The molecule has 0 amide bonds. The number of aromatic nitrogens is 1. The van der Waals surface area contributed by atoms with Gasteiger partial charge in [0.05, 0.1) is 10.7 Å². The van der Waals surface area contributed by atoms with Gasteiger partial charge in [-0.2, -0.15) is 0 Å². The summed E-state index contributed by atoms with van der Waals surface area (Å²) in [4.78, 5) is 4.50. The fraction of sp³-hybridized carbons (Fsp3) is 0.400. The molecule has 108 valence electrons. The molecule has 1 unspecified atom stereocenters. The molecule has 0 saturated carbocycles. The Labute approximate surface area is 129 Å². The number of hydrogen-bond acceptors (Lipinski definition) is 4. The van der Waals surface area contributed by atoms with Crippen LogP contribution in [0.1, 0.15) is 17.6 Å². The molecule has 0 radical (unpaired) electrons. The number of aryl methyl sites for hydroxylation is 1. The number of ether oxygens (including phenoxy) is 1. The van der Waals surface area contributed by atoms with Gasteiger partial charge < -0.3 is 10.1 Å². The summed E-state index contributed by atoms with van der Waals surface area (Å²) in [6.07, 6.45) is 0.881. The monoisotopic (exact) mass is 310 g/mol. The summed E-state index contributed by atoms with van der Waals surface area (Å²) in [5.41, 5.74) is 1.12. The molecule has 0 aliphatic heterocycles. The molecule has 1 aromatic heterocycles. The first-order valence-corrected chi connectivity index (χ1v) is 7.96. The van der Waals surface area contributed by atoms with Crippen molar-refractivity contribution in [2.24, 2.45) is 0 Å². The minimum atomic E-state index is 0.261. The second kappa shape index (κ2) is 7.62. The van der Waals surface area contributed by atoms with Crippen LogP contribution in [0.25, 0.3) is 0 Å². The quantitative estimate of drug-likeness (QED) is 0.846. The third-order valence-electron chi connectivity index (χ3n) is 2.88. The lowest BCUT2D eigenvalue weighted by atomic mass is 10.2. The Morgan fingerprint density at radius 1 is 1.35 bits per heavy atom. The minimum Gasteiger partial charge on any atom is -0.492 e. The highest BCUT2D eigenvalue weighted by Crippen LogP contribution is 2.16. The molecule has 1 heterocycles. The molecule has 1 N–H and O–H groups in total. The molecule has 2 aromatic rings. The Hall–Kier alpha value is -1.10. The lowest BCUT2D eigenvalue weighted by molar-refractivity contribution is 0.264. The van der Waals surface area contributed by atoms with Crippen molar-refractivity contribution in [1.82, 2.24) is 10.3 Å². The van der Waals surface area contributed by atoms with Gasteiger partial charge in [-0.1, -0.05) is 18.5 Å². The Morgan fingerprint density at radius 2 is 2.10 bits per heavy atom. The first-order chi connectivity index (χ1) is 9.67. The van der Waals surface area contributed by atoms with Gasteiger partial charge in [0, 0.05) is 22.9 Å². The SMILES string of the molecule is CCNC(COc1ccc(Cl)cc1)Cc1csc(C)n1.